The number of rotatable bonds is 5. The largest absolute Gasteiger partial charge is 0.445 e. The number of hydrogen-bond acceptors (Lipinski definition) is 4. The standard InChI is InChI=1S/C12H16N2O3.CH5O2P/c1-2-13-11(15)8-14-12(16)17-9-10-6-4-3-5-7-10;1-4(2)3/h3-7H,2,8-9H2,1H3,(H,13,15)(H,14,16);4H,1H3,(H,2,3). The van der Waals surface area contributed by atoms with Crippen molar-refractivity contribution < 1.29 is 23.8 Å². The molecule has 0 spiro atoms. The van der Waals surface area contributed by atoms with Crippen LogP contribution in [0.3, 0.4) is 0 Å². The lowest BCUT2D eigenvalue weighted by atomic mass is 10.2. The first-order valence-electron chi connectivity index (χ1n) is 6.36. The Morgan fingerprint density at radius 1 is 1.24 bits per heavy atom. The second kappa shape index (κ2) is 11.9. The Morgan fingerprint density at radius 3 is 2.33 bits per heavy atom. The van der Waals surface area contributed by atoms with Crippen LogP contribution in [-0.2, 0) is 20.7 Å². The summed E-state index contributed by atoms with van der Waals surface area (Å²) in [5, 5.41) is 4.93. The number of benzene rings is 1. The van der Waals surface area contributed by atoms with E-state index >= 15 is 0 Å². The average molecular weight is 316 g/mol. The molecule has 1 unspecified atom stereocenters. The van der Waals surface area contributed by atoms with Crippen molar-refractivity contribution in [2.24, 2.45) is 0 Å². The van der Waals surface area contributed by atoms with E-state index in [4.69, 9.17) is 9.63 Å². The van der Waals surface area contributed by atoms with Gasteiger partial charge in [-0.15, -0.1) is 0 Å². The lowest BCUT2D eigenvalue weighted by Gasteiger charge is -2.06. The van der Waals surface area contributed by atoms with E-state index in [1.165, 1.54) is 6.66 Å². The number of nitrogens with one attached hydrogen (secondary N) is 2. The quantitative estimate of drug-likeness (QED) is 0.706. The van der Waals surface area contributed by atoms with Crippen LogP contribution in [0.1, 0.15) is 12.5 Å². The number of likely N-dealkylation sites (N-methyl/N-ethyl adjacent to an activating group) is 1. The monoisotopic (exact) mass is 316 g/mol. The second-order valence-electron chi connectivity index (χ2n) is 3.89. The minimum absolute atomic E-state index is 0.0680. The Balaban J connectivity index is 0.000000885. The van der Waals surface area contributed by atoms with E-state index in [-0.39, 0.29) is 19.1 Å². The van der Waals surface area contributed by atoms with Crippen LogP contribution in [-0.4, -0.2) is 36.6 Å². The molecular formula is C13H21N2O5P. The molecule has 1 aromatic rings. The van der Waals surface area contributed by atoms with Gasteiger partial charge in [-0.3, -0.25) is 9.36 Å². The predicted molar refractivity (Wildman–Crippen MR) is 80.5 cm³/mol. The van der Waals surface area contributed by atoms with Gasteiger partial charge in [0.25, 0.3) is 0 Å². The molecule has 0 aliphatic carbocycles. The Bertz CT molecular complexity index is 449. The molecule has 1 atom stereocenters. The molecule has 0 bridgehead atoms. The van der Waals surface area contributed by atoms with Gasteiger partial charge in [-0.25, -0.2) is 4.79 Å². The first-order valence-corrected chi connectivity index (χ1v) is 8.22. The molecule has 0 fully saturated rings. The Labute approximate surface area is 124 Å². The van der Waals surface area contributed by atoms with Crippen LogP contribution in [0.25, 0.3) is 0 Å². The highest BCUT2D eigenvalue weighted by molar-refractivity contribution is 7.36. The fraction of sp³-hybridized carbons (Fsp3) is 0.385. The van der Waals surface area contributed by atoms with Gasteiger partial charge < -0.3 is 20.3 Å². The molecule has 0 aliphatic rings. The number of hydrogen-bond donors (Lipinski definition) is 3. The summed E-state index contributed by atoms with van der Waals surface area (Å²) < 4.78 is 14.1. The average Bonchev–Trinajstić information content (AvgIpc) is 2.44. The maximum absolute atomic E-state index is 11.2. The van der Waals surface area contributed by atoms with Crippen LogP contribution < -0.4 is 10.6 Å². The van der Waals surface area contributed by atoms with Crippen molar-refractivity contribution in [1.29, 1.82) is 0 Å². The maximum atomic E-state index is 11.2. The highest BCUT2D eigenvalue weighted by atomic mass is 31.1. The van der Waals surface area contributed by atoms with Crippen molar-refractivity contribution >= 4 is 20.0 Å². The molecule has 118 valence electrons. The normalized spacial score (nSPS) is 10.6. The van der Waals surface area contributed by atoms with Crippen LogP contribution in [0.5, 0.6) is 0 Å². The summed E-state index contributed by atoms with van der Waals surface area (Å²) in [7, 11) is -2.13. The molecule has 0 saturated heterocycles. The van der Waals surface area contributed by atoms with Gasteiger partial charge in [-0.1, -0.05) is 30.3 Å². The highest BCUT2D eigenvalue weighted by Gasteiger charge is 2.05. The van der Waals surface area contributed by atoms with Crippen LogP contribution in [0.15, 0.2) is 30.3 Å². The van der Waals surface area contributed by atoms with E-state index in [9.17, 15) is 14.2 Å². The zero-order chi connectivity index (χ0) is 16.1. The molecule has 0 saturated carbocycles. The third-order valence-electron chi connectivity index (χ3n) is 1.98. The number of carbonyl (C=O) groups is 2. The highest BCUT2D eigenvalue weighted by Crippen LogP contribution is 2.00. The molecule has 2 amide bonds. The molecule has 21 heavy (non-hydrogen) atoms. The minimum atomic E-state index is -2.13. The number of carbonyl (C=O) groups excluding carboxylic acids is 2. The summed E-state index contributed by atoms with van der Waals surface area (Å²) in [6, 6.07) is 9.34. The number of amides is 2. The van der Waals surface area contributed by atoms with Gasteiger partial charge in [0.2, 0.25) is 5.91 Å². The van der Waals surface area contributed by atoms with Crippen molar-refractivity contribution in [2.75, 3.05) is 19.8 Å². The predicted octanol–water partition coefficient (Wildman–Crippen LogP) is 1.13. The fourth-order valence-electron chi connectivity index (χ4n) is 1.19. The van der Waals surface area contributed by atoms with E-state index in [1.54, 1.807) is 0 Å². The van der Waals surface area contributed by atoms with E-state index in [0.29, 0.717) is 6.54 Å². The van der Waals surface area contributed by atoms with Gasteiger partial charge in [0.1, 0.15) is 6.61 Å². The molecule has 0 aliphatic heterocycles. The van der Waals surface area contributed by atoms with Crippen LogP contribution in [0.2, 0.25) is 0 Å². The SMILES string of the molecule is CCNC(=O)CNC(=O)OCc1ccccc1.C[PH](=O)O. The molecule has 0 aromatic heterocycles. The molecule has 0 heterocycles. The summed E-state index contributed by atoms with van der Waals surface area (Å²) in [4.78, 5) is 29.9. The van der Waals surface area contributed by atoms with E-state index in [0.717, 1.165) is 5.56 Å². The lowest BCUT2D eigenvalue weighted by Crippen LogP contribution is -2.36. The van der Waals surface area contributed by atoms with Crippen LogP contribution in [0, 0.1) is 0 Å². The summed E-state index contributed by atoms with van der Waals surface area (Å²) in [5.41, 5.74) is 0.903. The van der Waals surface area contributed by atoms with E-state index in [1.807, 2.05) is 37.3 Å². The zero-order valence-corrected chi connectivity index (χ0v) is 13.1. The summed E-state index contributed by atoms with van der Waals surface area (Å²) in [6.07, 6.45) is -0.597. The molecule has 1 rings (SSSR count). The fourth-order valence-corrected chi connectivity index (χ4v) is 1.19. The third kappa shape index (κ3) is 12.9. The van der Waals surface area contributed by atoms with Crippen molar-refractivity contribution in [3.8, 4) is 0 Å². The van der Waals surface area contributed by atoms with Gasteiger partial charge in [0.05, 0.1) is 6.54 Å². The summed E-state index contributed by atoms with van der Waals surface area (Å²) in [5.74, 6) is -0.232. The summed E-state index contributed by atoms with van der Waals surface area (Å²) in [6.45, 7) is 3.75. The van der Waals surface area contributed by atoms with Crippen molar-refractivity contribution in [3.63, 3.8) is 0 Å². The van der Waals surface area contributed by atoms with Crippen molar-refractivity contribution in [3.05, 3.63) is 35.9 Å². The van der Waals surface area contributed by atoms with Gasteiger partial charge in [-0.05, 0) is 12.5 Å². The van der Waals surface area contributed by atoms with Crippen molar-refractivity contribution in [1.82, 2.24) is 10.6 Å². The third-order valence-corrected chi connectivity index (χ3v) is 1.98. The van der Waals surface area contributed by atoms with Gasteiger partial charge in [0.15, 0.2) is 8.03 Å². The van der Waals surface area contributed by atoms with E-state index in [2.05, 4.69) is 10.6 Å². The molecular weight excluding hydrogens is 295 g/mol. The summed E-state index contributed by atoms with van der Waals surface area (Å²) >= 11 is 0. The van der Waals surface area contributed by atoms with Crippen LogP contribution in [0.4, 0.5) is 4.79 Å². The first-order chi connectivity index (χ1) is 9.95. The van der Waals surface area contributed by atoms with Crippen molar-refractivity contribution in [2.45, 2.75) is 13.5 Å². The topological polar surface area (TPSA) is 105 Å². The molecule has 3 N–H and O–H groups in total. The Hall–Kier alpha value is -1.85. The lowest BCUT2D eigenvalue weighted by molar-refractivity contribution is -0.120. The first kappa shape index (κ1) is 19.1. The second-order valence-corrected chi connectivity index (χ2v) is 4.93. The van der Waals surface area contributed by atoms with Gasteiger partial charge in [0, 0.05) is 13.2 Å². The van der Waals surface area contributed by atoms with E-state index < -0.39 is 14.1 Å². The molecule has 7 nitrogen and oxygen atoms in total. The van der Waals surface area contributed by atoms with Gasteiger partial charge in [-0.2, -0.15) is 0 Å². The minimum Gasteiger partial charge on any atom is -0.445 e. The van der Waals surface area contributed by atoms with Gasteiger partial charge >= 0.3 is 6.09 Å². The Morgan fingerprint density at radius 2 is 1.81 bits per heavy atom. The molecule has 8 heteroatoms. The molecule has 1 aromatic carbocycles. The maximum Gasteiger partial charge on any atom is 0.407 e. The number of ether oxygens (including phenoxy) is 1. The number of alkyl carbamates (subject to hydrolysis) is 1. The zero-order valence-electron chi connectivity index (χ0n) is 12.1. The molecule has 0 radical (unpaired) electrons. The Kier molecular flexibility index (Phi) is 10.9. The van der Waals surface area contributed by atoms with Crippen LogP contribution >= 0.6 is 8.03 Å². The smallest absolute Gasteiger partial charge is 0.407 e.